The van der Waals surface area contributed by atoms with Crippen LogP contribution in [-0.2, 0) is 38.1 Å². The van der Waals surface area contributed by atoms with Crippen molar-refractivity contribution in [3.05, 3.63) is 24.3 Å². The van der Waals surface area contributed by atoms with Crippen LogP contribution in [0.1, 0.15) is 169 Å². The Morgan fingerprint density at radius 1 is 0.510 bits per heavy atom. The van der Waals surface area contributed by atoms with Crippen molar-refractivity contribution < 1.29 is 43.2 Å². The third-order valence-corrected chi connectivity index (χ3v) is 8.67. The fourth-order valence-corrected chi connectivity index (χ4v) is 5.38. The van der Waals surface area contributed by atoms with E-state index in [9.17, 15) is 19.5 Å². The zero-order chi connectivity index (χ0) is 37.6. The van der Waals surface area contributed by atoms with Gasteiger partial charge in [-0.3, -0.25) is 14.4 Å². The number of allylic oxidation sites excluding steroid dienone is 4. The molecule has 0 rings (SSSR count). The minimum Gasteiger partial charge on any atom is -0.465 e. The first-order valence-electron chi connectivity index (χ1n) is 20.5. The van der Waals surface area contributed by atoms with Crippen LogP contribution >= 0.6 is 0 Å². The van der Waals surface area contributed by atoms with Crippen molar-refractivity contribution in [1.82, 2.24) is 0 Å². The van der Waals surface area contributed by atoms with Crippen molar-refractivity contribution in [2.75, 3.05) is 39.6 Å². The molecule has 0 aromatic rings. The van der Waals surface area contributed by atoms with Crippen molar-refractivity contribution in [1.29, 1.82) is 0 Å². The monoisotopic (exact) mass is 725 g/mol. The highest BCUT2D eigenvalue weighted by Gasteiger charge is 2.17. The lowest BCUT2D eigenvalue weighted by Crippen LogP contribution is -2.25. The van der Waals surface area contributed by atoms with Crippen LogP contribution in [0.3, 0.4) is 0 Å². The standard InChI is InChI=1S/C42H76O9/c1-5-9-13-16-18-23-31-47-42(48-32-24-19-17-14-10-6-2)30-29-41(46)51-36-38(33-43)35-50-40(45)28-22-21-27-39(44)49-34-37(25-12-8-4)26-20-15-11-7-3/h9-10,13-14,37-38,42-43H,5-8,11-12,15-36H2,1-4H3/b13-9-,14-10-. The fourth-order valence-electron chi connectivity index (χ4n) is 5.38. The van der Waals surface area contributed by atoms with E-state index in [2.05, 4.69) is 52.0 Å². The topological polar surface area (TPSA) is 118 Å². The van der Waals surface area contributed by atoms with Gasteiger partial charge in [0.25, 0.3) is 0 Å². The van der Waals surface area contributed by atoms with E-state index in [0.29, 0.717) is 45.0 Å². The quantitative estimate of drug-likeness (QED) is 0.0220. The first-order chi connectivity index (χ1) is 24.9. The molecule has 0 aliphatic heterocycles. The minimum absolute atomic E-state index is 0.0439. The van der Waals surface area contributed by atoms with Crippen molar-refractivity contribution in [2.45, 2.75) is 175 Å². The smallest absolute Gasteiger partial charge is 0.305 e. The molecule has 0 bridgehead atoms. The van der Waals surface area contributed by atoms with E-state index >= 15 is 0 Å². The number of hydrogen-bond acceptors (Lipinski definition) is 9. The number of unbranched alkanes of at least 4 members (excludes halogenated alkanes) is 9. The van der Waals surface area contributed by atoms with E-state index in [1.807, 2.05) is 0 Å². The van der Waals surface area contributed by atoms with Crippen LogP contribution in [-0.4, -0.2) is 68.9 Å². The summed E-state index contributed by atoms with van der Waals surface area (Å²) in [6.45, 7) is 9.89. The van der Waals surface area contributed by atoms with Crippen LogP contribution in [0.5, 0.6) is 0 Å². The Labute approximate surface area is 311 Å². The molecular formula is C42H76O9. The molecule has 0 heterocycles. The number of ether oxygens (including phenoxy) is 5. The lowest BCUT2D eigenvalue weighted by atomic mass is 9.96. The van der Waals surface area contributed by atoms with Gasteiger partial charge < -0.3 is 28.8 Å². The molecule has 0 saturated heterocycles. The molecule has 2 atom stereocenters. The lowest BCUT2D eigenvalue weighted by molar-refractivity contribution is -0.161. The lowest BCUT2D eigenvalue weighted by Gasteiger charge is -2.19. The van der Waals surface area contributed by atoms with Crippen molar-refractivity contribution >= 4 is 17.9 Å². The number of rotatable bonds is 37. The molecule has 0 spiro atoms. The number of esters is 3. The maximum Gasteiger partial charge on any atom is 0.305 e. The Kier molecular flexibility index (Phi) is 35.9. The van der Waals surface area contributed by atoms with Gasteiger partial charge in [0.1, 0.15) is 0 Å². The Morgan fingerprint density at radius 3 is 1.49 bits per heavy atom. The molecule has 0 aromatic heterocycles. The van der Waals surface area contributed by atoms with Gasteiger partial charge in [0.2, 0.25) is 0 Å². The summed E-state index contributed by atoms with van der Waals surface area (Å²) in [5.74, 6) is -1.11. The van der Waals surface area contributed by atoms with Crippen LogP contribution in [0.15, 0.2) is 24.3 Å². The normalized spacial score (nSPS) is 12.9. The van der Waals surface area contributed by atoms with Gasteiger partial charge in [0.05, 0.1) is 38.8 Å². The molecule has 0 aliphatic carbocycles. The highest BCUT2D eigenvalue weighted by molar-refractivity contribution is 5.70. The van der Waals surface area contributed by atoms with Gasteiger partial charge in [-0.2, -0.15) is 0 Å². The van der Waals surface area contributed by atoms with Crippen LogP contribution in [0.2, 0.25) is 0 Å². The molecule has 0 amide bonds. The Balaban J connectivity index is 4.36. The average molecular weight is 725 g/mol. The second-order valence-corrected chi connectivity index (χ2v) is 13.6. The van der Waals surface area contributed by atoms with Gasteiger partial charge in [-0.1, -0.05) is 90.5 Å². The van der Waals surface area contributed by atoms with Crippen LogP contribution in [0.25, 0.3) is 0 Å². The largest absolute Gasteiger partial charge is 0.465 e. The average Bonchev–Trinajstić information content (AvgIpc) is 3.13. The van der Waals surface area contributed by atoms with Crippen molar-refractivity contribution in [3.8, 4) is 0 Å². The molecule has 0 aliphatic rings. The van der Waals surface area contributed by atoms with Gasteiger partial charge >= 0.3 is 17.9 Å². The molecular weight excluding hydrogens is 648 g/mol. The molecule has 1 N–H and O–H groups in total. The maximum atomic E-state index is 12.5. The van der Waals surface area contributed by atoms with E-state index < -0.39 is 24.1 Å². The van der Waals surface area contributed by atoms with E-state index in [0.717, 1.165) is 77.0 Å². The summed E-state index contributed by atoms with van der Waals surface area (Å²) in [7, 11) is 0. The van der Waals surface area contributed by atoms with Gasteiger partial charge in [-0.25, -0.2) is 0 Å². The molecule has 9 nitrogen and oxygen atoms in total. The third kappa shape index (κ3) is 33.4. The summed E-state index contributed by atoms with van der Waals surface area (Å²) in [6, 6.07) is 0. The first kappa shape index (κ1) is 48.8. The molecule has 0 saturated carbocycles. The second kappa shape index (κ2) is 37.5. The fraction of sp³-hybridized carbons (Fsp3) is 0.833. The zero-order valence-electron chi connectivity index (χ0n) is 33.1. The summed E-state index contributed by atoms with van der Waals surface area (Å²) in [4.78, 5) is 37.1. The number of hydrogen-bond donors (Lipinski definition) is 1. The molecule has 51 heavy (non-hydrogen) atoms. The van der Waals surface area contributed by atoms with E-state index in [-0.39, 0.29) is 45.1 Å². The SMILES string of the molecule is CC/C=C\CCCCOC(CCC(=O)OCC(CO)COC(=O)CCCCC(=O)OCC(CCCC)CCCCCC)OCCCC/C=C\CC. The summed E-state index contributed by atoms with van der Waals surface area (Å²) in [5.41, 5.74) is 0. The van der Waals surface area contributed by atoms with Crippen molar-refractivity contribution in [2.24, 2.45) is 11.8 Å². The van der Waals surface area contributed by atoms with Crippen LogP contribution < -0.4 is 0 Å². The van der Waals surface area contributed by atoms with E-state index in [4.69, 9.17) is 23.7 Å². The summed E-state index contributed by atoms with van der Waals surface area (Å²) in [5, 5.41) is 9.75. The van der Waals surface area contributed by atoms with Gasteiger partial charge in [-0.05, 0) is 83.0 Å². The van der Waals surface area contributed by atoms with E-state index in [1.165, 1.54) is 25.7 Å². The Morgan fingerprint density at radius 2 is 1.00 bits per heavy atom. The predicted octanol–water partition coefficient (Wildman–Crippen LogP) is 9.97. The highest BCUT2D eigenvalue weighted by Crippen LogP contribution is 2.18. The third-order valence-electron chi connectivity index (χ3n) is 8.67. The van der Waals surface area contributed by atoms with Gasteiger partial charge in [0.15, 0.2) is 6.29 Å². The molecule has 9 heteroatoms. The minimum atomic E-state index is -0.512. The highest BCUT2D eigenvalue weighted by atomic mass is 16.7. The van der Waals surface area contributed by atoms with Crippen LogP contribution in [0.4, 0.5) is 0 Å². The van der Waals surface area contributed by atoms with Gasteiger partial charge in [0, 0.05) is 32.5 Å². The number of carbonyl (C=O) groups is 3. The summed E-state index contributed by atoms with van der Waals surface area (Å²) < 4.78 is 28.2. The first-order valence-corrected chi connectivity index (χ1v) is 20.5. The Bertz CT molecular complexity index is 848. The number of carbonyl (C=O) groups excluding carboxylic acids is 3. The Hall–Kier alpha value is -2.23. The van der Waals surface area contributed by atoms with Crippen LogP contribution in [0, 0.1) is 11.8 Å². The summed E-state index contributed by atoms with van der Waals surface area (Å²) in [6.07, 6.45) is 27.7. The zero-order valence-corrected chi connectivity index (χ0v) is 33.1. The molecule has 0 radical (unpaired) electrons. The molecule has 0 aromatic carbocycles. The number of aliphatic hydroxyl groups is 1. The molecule has 298 valence electrons. The van der Waals surface area contributed by atoms with Gasteiger partial charge in [-0.15, -0.1) is 0 Å². The predicted molar refractivity (Wildman–Crippen MR) is 205 cm³/mol. The van der Waals surface area contributed by atoms with E-state index in [1.54, 1.807) is 0 Å². The van der Waals surface area contributed by atoms with Crippen molar-refractivity contribution in [3.63, 3.8) is 0 Å². The second-order valence-electron chi connectivity index (χ2n) is 13.6. The number of aliphatic hydroxyl groups excluding tert-OH is 1. The molecule has 0 fully saturated rings. The molecule has 2 unspecified atom stereocenters. The summed E-state index contributed by atoms with van der Waals surface area (Å²) >= 11 is 0. The maximum absolute atomic E-state index is 12.5.